The number of aliphatic hydroxyl groups is 1. The number of nitrogens with zero attached hydrogens (tertiary/aromatic N) is 5. The second-order valence-corrected chi connectivity index (χ2v) is 6.86. The lowest BCUT2D eigenvalue weighted by atomic mass is 9.87. The van der Waals surface area contributed by atoms with Crippen molar-refractivity contribution < 1.29 is 5.11 Å². The van der Waals surface area contributed by atoms with Crippen molar-refractivity contribution in [3.05, 3.63) is 40.7 Å². The lowest BCUT2D eigenvalue weighted by molar-refractivity contribution is 0.0556. The smallest absolute Gasteiger partial charge is 0.165 e. The first kappa shape index (κ1) is 17.3. The third-order valence-electron chi connectivity index (χ3n) is 4.70. The monoisotopic (exact) mass is 349 g/mol. The average Bonchev–Trinajstić information content (AvgIpc) is 3.03. The van der Waals surface area contributed by atoms with E-state index in [1.807, 2.05) is 28.9 Å². The highest BCUT2D eigenvalue weighted by atomic mass is 35.5. The molecule has 1 atom stereocenters. The molecule has 24 heavy (non-hydrogen) atoms. The summed E-state index contributed by atoms with van der Waals surface area (Å²) in [7, 11) is 0. The molecule has 2 heterocycles. The van der Waals surface area contributed by atoms with Gasteiger partial charge in [-0.15, -0.1) is 5.10 Å². The molecular weight excluding hydrogens is 326 g/mol. The Balaban J connectivity index is 1.53. The van der Waals surface area contributed by atoms with Crippen molar-refractivity contribution in [2.45, 2.75) is 45.4 Å². The second-order valence-electron chi connectivity index (χ2n) is 6.43. The molecule has 1 fully saturated rings. The fraction of sp³-hybridized carbons (Fsp3) is 0.588. The van der Waals surface area contributed by atoms with Crippen LogP contribution in [0.5, 0.6) is 0 Å². The molecule has 0 radical (unpaired) electrons. The van der Waals surface area contributed by atoms with E-state index in [2.05, 4.69) is 27.3 Å². The maximum atomic E-state index is 10.6. The van der Waals surface area contributed by atoms with Gasteiger partial charge in [0.05, 0.1) is 12.6 Å². The summed E-state index contributed by atoms with van der Waals surface area (Å²) in [4.78, 5) is 2.36. The zero-order chi connectivity index (χ0) is 16.9. The zero-order valence-corrected chi connectivity index (χ0v) is 14.7. The molecule has 3 rings (SSSR count). The van der Waals surface area contributed by atoms with Crippen molar-refractivity contribution in [2.24, 2.45) is 5.92 Å². The van der Waals surface area contributed by atoms with Gasteiger partial charge in [-0.05, 0) is 66.4 Å². The van der Waals surface area contributed by atoms with E-state index < -0.39 is 6.10 Å². The summed E-state index contributed by atoms with van der Waals surface area (Å²) in [5, 5.41) is 23.3. The molecule has 1 aliphatic heterocycles. The molecule has 1 saturated heterocycles. The Morgan fingerprint density at radius 3 is 2.62 bits per heavy atom. The largest absolute Gasteiger partial charge is 0.388 e. The molecular formula is C17H24ClN5O. The van der Waals surface area contributed by atoms with Crippen LogP contribution < -0.4 is 0 Å². The molecule has 0 saturated carbocycles. The van der Waals surface area contributed by atoms with Crippen molar-refractivity contribution in [2.75, 3.05) is 13.1 Å². The molecule has 0 aliphatic carbocycles. The quantitative estimate of drug-likeness (QED) is 0.868. The fourth-order valence-corrected chi connectivity index (χ4v) is 3.41. The first-order valence-electron chi connectivity index (χ1n) is 8.58. The van der Waals surface area contributed by atoms with Gasteiger partial charge < -0.3 is 5.11 Å². The van der Waals surface area contributed by atoms with Gasteiger partial charge in [0.1, 0.15) is 0 Å². The molecule has 1 aliphatic rings. The summed E-state index contributed by atoms with van der Waals surface area (Å²) < 4.78 is 1.88. The van der Waals surface area contributed by atoms with E-state index in [-0.39, 0.29) is 5.92 Å². The Kier molecular flexibility index (Phi) is 5.81. The number of hydrogen-bond donors (Lipinski definition) is 1. The highest BCUT2D eigenvalue weighted by molar-refractivity contribution is 6.30. The van der Waals surface area contributed by atoms with Gasteiger partial charge in [0.15, 0.2) is 5.82 Å². The fourth-order valence-electron chi connectivity index (χ4n) is 3.28. The molecule has 1 N–H and O–H groups in total. The van der Waals surface area contributed by atoms with Crippen molar-refractivity contribution in [1.82, 2.24) is 25.1 Å². The number of likely N-dealkylation sites (tertiary alicyclic amines) is 1. The summed E-state index contributed by atoms with van der Waals surface area (Å²) in [6.07, 6.45) is 2.54. The summed E-state index contributed by atoms with van der Waals surface area (Å²) in [5.74, 6) is 1.21. The van der Waals surface area contributed by atoms with Crippen LogP contribution in [0.4, 0.5) is 0 Å². The average molecular weight is 350 g/mol. The normalized spacial score (nSPS) is 18.0. The molecule has 0 spiro atoms. The van der Waals surface area contributed by atoms with E-state index >= 15 is 0 Å². The van der Waals surface area contributed by atoms with Crippen molar-refractivity contribution in [1.29, 1.82) is 0 Å². The standard InChI is InChI=1S/C17H24ClN5O/c1-2-9-23-16(19-20-21-23)12-22-10-7-14(8-11-22)17(24)13-3-5-15(18)6-4-13/h3-6,14,17,24H,2,7-12H2,1H3. The third-order valence-corrected chi connectivity index (χ3v) is 4.95. The molecule has 0 bridgehead atoms. The van der Waals surface area contributed by atoms with Crippen LogP contribution in [0.3, 0.4) is 0 Å². The van der Waals surface area contributed by atoms with Gasteiger partial charge in [0.2, 0.25) is 0 Å². The van der Waals surface area contributed by atoms with E-state index in [1.54, 1.807) is 0 Å². The lowest BCUT2D eigenvalue weighted by Crippen LogP contribution is -2.36. The molecule has 2 aromatic rings. The van der Waals surface area contributed by atoms with Crippen LogP contribution in [0.25, 0.3) is 0 Å². The van der Waals surface area contributed by atoms with E-state index in [9.17, 15) is 5.11 Å². The minimum absolute atomic E-state index is 0.286. The van der Waals surface area contributed by atoms with Gasteiger partial charge in [-0.3, -0.25) is 4.90 Å². The van der Waals surface area contributed by atoms with E-state index in [0.717, 1.165) is 56.8 Å². The van der Waals surface area contributed by atoms with Gasteiger partial charge in [-0.2, -0.15) is 0 Å². The highest BCUT2D eigenvalue weighted by Crippen LogP contribution is 2.31. The first-order valence-corrected chi connectivity index (χ1v) is 8.96. The van der Waals surface area contributed by atoms with Crippen LogP contribution in [0.2, 0.25) is 5.02 Å². The number of benzene rings is 1. The van der Waals surface area contributed by atoms with Crippen LogP contribution >= 0.6 is 11.6 Å². The number of rotatable bonds is 6. The van der Waals surface area contributed by atoms with Crippen LogP contribution in [0.15, 0.2) is 24.3 Å². The number of piperidine rings is 1. The molecule has 1 unspecified atom stereocenters. The molecule has 1 aromatic carbocycles. The van der Waals surface area contributed by atoms with Crippen molar-refractivity contribution in [3.63, 3.8) is 0 Å². The number of aliphatic hydroxyl groups excluding tert-OH is 1. The molecule has 130 valence electrons. The van der Waals surface area contributed by atoms with Gasteiger partial charge in [-0.1, -0.05) is 30.7 Å². The van der Waals surface area contributed by atoms with E-state index in [1.165, 1.54) is 0 Å². The lowest BCUT2D eigenvalue weighted by Gasteiger charge is -2.34. The Morgan fingerprint density at radius 1 is 1.25 bits per heavy atom. The van der Waals surface area contributed by atoms with Crippen molar-refractivity contribution in [3.8, 4) is 0 Å². The summed E-state index contributed by atoms with van der Waals surface area (Å²) >= 11 is 5.92. The van der Waals surface area contributed by atoms with Crippen LogP contribution in [0, 0.1) is 5.92 Å². The number of tetrazole rings is 1. The number of halogens is 1. The van der Waals surface area contributed by atoms with Crippen LogP contribution in [0.1, 0.15) is 43.7 Å². The minimum atomic E-state index is -0.421. The summed E-state index contributed by atoms with van der Waals surface area (Å²) in [6, 6.07) is 7.50. The molecule has 0 amide bonds. The minimum Gasteiger partial charge on any atom is -0.388 e. The van der Waals surface area contributed by atoms with Crippen LogP contribution in [-0.2, 0) is 13.1 Å². The third kappa shape index (κ3) is 4.12. The maximum Gasteiger partial charge on any atom is 0.165 e. The maximum absolute atomic E-state index is 10.6. The Bertz CT molecular complexity index is 637. The van der Waals surface area contributed by atoms with Gasteiger partial charge in [0.25, 0.3) is 0 Å². The SMILES string of the molecule is CCCn1nnnc1CN1CCC(C(O)c2ccc(Cl)cc2)CC1. The van der Waals surface area contributed by atoms with Gasteiger partial charge in [-0.25, -0.2) is 4.68 Å². The van der Waals surface area contributed by atoms with Gasteiger partial charge in [0, 0.05) is 11.6 Å². The van der Waals surface area contributed by atoms with Crippen LogP contribution in [-0.4, -0.2) is 43.3 Å². The van der Waals surface area contributed by atoms with Gasteiger partial charge >= 0.3 is 0 Å². The predicted molar refractivity (Wildman–Crippen MR) is 92.5 cm³/mol. The van der Waals surface area contributed by atoms with E-state index in [4.69, 9.17) is 11.6 Å². The Morgan fingerprint density at radius 2 is 1.96 bits per heavy atom. The Labute approximate surface area is 147 Å². The predicted octanol–water partition coefficient (Wildman–Crippen LogP) is 2.68. The molecule has 6 nitrogen and oxygen atoms in total. The Hall–Kier alpha value is -1.50. The number of hydrogen-bond acceptors (Lipinski definition) is 5. The highest BCUT2D eigenvalue weighted by Gasteiger charge is 2.27. The second kappa shape index (κ2) is 8.05. The number of aryl methyl sites for hydroxylation is 1. The zero-order valence-electron chi connectivity index (χ0n) is 14.0. The summed E-state index contributed by atoms with van der Waals surface area (Å²) in [6.45, 7) is 5.66. The number of aromatic nitrogens is 4. The summed E-state index contributed by atoms with van der Waals surface area (Å²) in [5.41, 5.74) is 0.949. The van der Waals surface area contributed by atoms with E-state index in [0.29, 0.717) is 5.02 Å². The van der Waals surface area contributed by atoms with Crippen molar-refractivity contribution >= 4 is 11.6 Å². The topological polar surface area (TPSA) is 67.1 Å². The first-order chi connectivity index (χ1) is 11.7. The molecule has 1 aromatic heterocycles. The molecule has 7 heteroatoms.